The minimum absolute atomic E-state index is 0.0556. The number of carbonyl (C=O) groups excluding carboxylic acids is 1. The number of hydrogen-bond donors (Lipinski definition) is 2. The zero-order valence-corrected chi connectivity index (χ0v) is 24.2. The van der Waals surface area contributed by atoms with E-state index in [1.165, 1.54) is 21.4 Å². The van der Waals surface area contributed by atoms with Gasteiger partial charge in [-0.25, -0.2) is 19.0 Å². The first kappa shape index (κ1) is 28.6. The Morgan fingerprint density at radius 1 is 1.22 bits per heavy atom. The van der Waals surface area contributed by atoms with Crippen molar-refractivity contribution in [1.29, 1.82) is 0 Å². The molecule has 1 saturated heterocycles. The van der Waals surface area contributed by atoms with Gasteiger partial charge >= 0.3 is 11.8 Å². The van der Waals surface area contributed by atoms with Crippen molar-refractivity contribution in [2.45, 2.75) is 49.8 Å². The lowest BCUT2D eigenvalue weighted by Crippen LogP contribution is -2.47. The number of pyridine rings is 1. The quantitative estimate of drug-likeness (QED) is 0.434. The summed E-state index contributed by atoms with van der Waals surface area (Å²) in [7, 11) is 1.58. The fourth-order valence-corrected chi connectivity index (χ4v) is 5.76. The Balaban J connectivity index is 1.52. The number of nitrogens with two attached hydrogens (primary N) is 1. The Kier molecular flexibility index (Phi) is 7.56. The summed E-state index contributed by atoms with van der Waals surface area (Å²) in [6, 6.07) is 11.7. The van der Waals surface area contributed by atoms with E-state index in [9.17, 15) is 9.59 Å². The maximum Gasteiger partial charge on any atom is 0.407 e. The van der Waals surface area contributed by atoms with Crippen LogP contribution in [0.3, 0.4) is 0 Å². The van der Waals surface area contributed by atoms with Crippen molar-refractivity contribution in [3.63, 3.8) is 0 Å². The van der Waals surface area contributed by atoms with Gasteiger partial charge in [-0.05, 0) is 62.1 Å². The second kappa shape index (κ2) is 10.8. The minimum Gasteiger partial charge on any atom is -0.444 e. The minimum atomic E-state index is -1.65. The molecule has 216 valence electrons. The summed E-state index contributed by atoms with van der Waals surface area (Å²) in [6.07, 6.45) is 6.19. The third-order valence-corrected chi connectivity index (χ3v) is 7.94. The number of amides is 1. The van der Waals surface area contributed by atoms with Crippen molar-refractivity contribution in [1.82, 2.24) is 19.4 Å². The van der Waals surface area contributed by atoms with E-state index in [1.54, 1.807) is 31.6 Å². The van der Waals surface area contributed by atoms with E-state index in [2.05, 4.69) is 10.3 Å². The normalized spacial score (nSPS) is 23.0. The van der Waals surface area contributed by atoms with Gasteiger partial charge in [0.15, 0.2) is 0 Å². The number of nitrogens with one attached hydrogen (secondary N) is 1. The lowest BCUT2D eigenvalue weighted by Gasteiger charge is -2.40. The molecule has 1 fully saturated rings. The monoisotopic (exact) mass is 580 g/mol. The molecule has 0 saturated carbocycles. The molecule has 1 aliphatic heterocycles. The van der Waals surface area contributed by atoms with E-state index in [0.717, 1.165) is 5.56 Å². The van der Waals surface area contributed by atoms with Crippen LogP contribution in [0.2, 0.25) is 0 Å². The lowest BCUT2D eigenvalue weighted by molar-refractivity contribution is 0.0509. The highest BCUT2D eigenvalue weighted by Gasteiger charge is 2.48. The van der Waals surface area contributed by atoms with Crippen LogP contribution in [0.4, 0.5) is 15.0 Å². The van der Waals surface area contributed by atoms with Gasteiger partial charge in [0.2, 0.25) is 0 Å². The van der Waals surface area contributed by atoms with Crippen LogP contribution >= 0.6 is 11.6 Å². The highest BCUT2D eigenvalue weighted by Crippen LogP contribution is 2.50. The van der Waals surface area contributed by atoms with Gasteiger partial charge in [0.1, 0.15) is 22.1 Å². The number of carbonyl (C=O) groups is 1. The zero-order valence-electron chi connectivity index (χ0n) is 23.5. The number of allylic oxidation sites excluding steroid dienone is 2. The third kappa shape index (κ3) is 5.54. The average molecular weight is 581 g/mol. The summed E-state index contributed by atoms with van der Waals surface area (Å²) < 4.78 is 24.1. The fraction of sp³-hybridized carbons (Fsp3) is 0.367. The topological polar surface area (TPSA) is 107 Å². The predicted molar refractivity (Wildman–Crippen MR) is 158 cm³/mol. The van der Waals surface area contributed by atoms with E-state index in [1.807, 2.05) is 56.0 Å². The number of hydrogen-bond acceptors (Lipinski definition) is 6. The summed E-state index contributed by atoms with van der Waals surface area (Å²) in [5, 5.41) is 2.91. The third-order valence-electron chi connectivity index (χ3n) is 7.31. The van der Waals surface area contributed by atoms with Gasteiger partial charge in [-0.2, -0.15) is 0 Å². The molecule has 11 heteroatoms. The summed E-state index contributed by atoms with van der Waals surface area (Å²) in [4.78, 5) is 30.2. The standard InChI is InChI=1S/C30H34ClFN6O3/c1-29(2,3)41-27(39)35-21-11-13-37(18-21)24-16-20(10-12-34-24)30(31)25(33)22(19-8-6-5-7-9-19)17-23(32)26(30)38-15-14-36(4)28(38)40/h5-10,12,14-17,21,25H,11,13,18,33H2,1-4H3,(H,35,39)/t21-,25?,30?/m0/s1. The van der Waals surface area contributed by atoms with E-state index in [4.69, 9.17) is 22.1 Å². The number of imidazole rings is 1. The van der Waals surface area contributed by atoms with Gasteiger partial charge in [0.25, 0.3) is 0 Å². The molecule has 5 rings (SSSR count). The van der Waals surface area contributed by atoms with Crippen LogP contribution in [0.25, 0.3) is 11.3 Å². The van der Waals surface area contributed by atoms with Crippen molar-refractivity contribution < 1.29 is 13.9 Å². The Morgan fingerprint density at radius 3 is 2.61 bits per heavy atom. The Bertz CT molecular complexity index is 1570. The second-order valence-electron chi connectivity index (χ2n) is 11.4. The SMILES string of the molecule is Cn1ccn(C2=C(F)C=C(c3ccccc3)C(N)C2(Cl)c2ccnc(N3CC[C@H](NC(=O)OC(C)(C)C)C3)c2)c1=O. The summed E-state index contributed by atoms with van der Waals surface area (Å²) in [6.45, 7) is 6.57. The molecular formula is C30H34ClFN6O3. The molecule has 1 aliphatic carbocycles. The summed E-state index contributed by atoms with van der Waals surface area (Å²) in [5.74, 6) is -0.0609. The molecule has 0 radical (unpaired) electrons. The summed E-state index contributed by atoms with van der Waals surface area (Å²) >= 11 is 7.46. The zero-order chi connectivity index (χ0) is 29.5. The van der Waals surface area contributed by atoms with Gasteiger partial charge in [0.05, 0.1) is 17.8 Å². The first-order valence-electron chi connectivity index (χ1n) is 13.5. The number of nitrogens with zero attached hydrogens (tertiary/aromatic N) is 4. The number of benzene rings is 1. The molecule has 3 aromatic rings. The van der Waals surface area contributed by atoms with E-state index < -0.39 is 34.1 Å². The molecule has 9 nitrogen and oxygen atoms in total. The molecule has 41 heavy (non-hydrogen) atoms. The molecule has 2 unspecified atom stereocenters. The Labute approximate surface area is 243 Å². The number of alkyl halides is 1. The van der Waals surface area contributed by atoms with Gasteiger partial charge in [-0.15, -0.1) is 11.6 Å². The molecule has 3 N–H and O–H groups in total. The Hall–Kier alpha value is -3.89. The Morgan fingerprint density at radius 2 is 1.95 bits per heavy atom. The van der Waals surface area contributed by atoms with Gasteiger partial charge < -0.3 is 25.3 Å². The van der Waals surface area contributed by atoms with Crippen molar-refractivity contribution in [2.75, 3.05) is 18.0 Å². The lowest BCUT2D eigenvalue weighted by atomic mass is 9.78. The number of aromatic nitrogens is 3. The van der Waals surface area contributed by atoms with Crippen LogP contribution < -0.4 is 21.6 Å². The maximum atomic E-state index is 16.1. The van der Waals surface area contributed by atoms with Crippen molar-refractivity contribution in [3.05, 3.63) is 94.6 Å². The predicted octanol–water partition coefficient (Wildman–Crippen LogP) is 4.38. The number of ether oxygens (including phenoxy) is 1. The molecule has 2 aliphatic rings. The van der Waals surface area contributed by atoms with Gasteiger partial charge in [-0.1, -0.05) is 30.3 Å². The first-order valence-corrected chi connectivity index (χ1v) is 13.8. The van der Waals surface area contributed by atoms with Crippen LogP contribution in [0.1, 0.15) is 38.3 Å². The number of aryl methyl sites for hydroxylation is 1. The summed E-state index contributed by atoms with van der Waals surface area (Å²) in [5.41, 5.74) is 7.50. The number of alkyl carbamates (subject to hydrolysis) is 1. The molecule has 3 atom stereocenters. The smallest absolute Gasteiger partial charge is 0.407 e. The van der Waals surface area contributed by atoms with Crippen molar-refractivity contribution in [2.24, 2.45) is 12.8 Å². The van der Waals surface area contributed by atoms with Crippen molar-refractivity contribution in [3.8, 4) is 0 Å². The second-order valence-corrected chi connectivity index (χ2v) is 12.0. The van der Waals surface area contributed by atoms with Crippen LogP contribution in [-0.4, -0.2) is 51.0 Å². The van der Waals surface area contributed by atoms with Gasteiger partial charge in [0, 0.05) is 38.7 Å². The molecular weight excluding hydrogens is 547 g/mol. The van der Waals surface area contributed by atoms with E-state index in [0.29, 0.717) is 36.5 Å². The highest BCUT2D eigenvalue weighted by molar-refractivity contribution is 6.31. The molecule has 1 amide bonds. The fourth-order valence-electron chi connectivity index (χ4n) is 5.34. The number of halogens is 2. The maximum absolute atomic E-state index is 16.1. The molecule has 3 heterocycles. The van der Waals surface area contributed by atoms with E-state index in [-0.39, 0.29) is 11.7 Å². The first-order chi connectivity index (χ1) is 19.4. The van der Waals surface area contributed by atoms with Gasteiger partial charge in [-0.3, -0.25) is 4.57 Å². The largest absolute Gasteiger partial charge is 0.444 e. The average Bonchev–Trinajstić information content (AvgIpc) is 3.52. The molecule has 1 aromatic carbocycles. The molecule has 0 spiro atoms. The molecule has 0 bridgehead atoms. The molecule has 2 aromatic heterocycles. The van der Waals surface area contributed by atoms with E-state index >= 15 is 4.39 Å². The van der Waals surface area contributed by atoms with Crippen LogP contribution in [-0.2, 0) is 16.7 Å². The van der Waals surface area contributed by atoms with Crippen LogP contribution in [0.5, 0.6) is 0 Å². The number of rotatable bonds is 5. The number of anilines is 1. The highest BCUT2D eigenvalue weighted by atomic mass is 35.5. The van der Waals surface area contributed by atoms with Crippen LogP contribution in [0, 0.1) is 0 Å². The van der Waals surface area contributed by atoms with Crippen LogP contribution in [0.15, 0.2) is 77.8 Å². The van der Waals surface area contributed by atoms with Crippen molar-refractivity contribution >= 4 is 34.8 Å².